The lowest BCUT2D eigenvalue weighted by Gasteiger charge is -2.32. The second-order valence-corrected chi connectivity index (χ2v) is 5.88. The molecule has 2 N–H and O–H groups in total. The first-order valence-corrected chi connectivity index (χ1v) is 7.16. The van der Waals surface area contributed by atoms with Crippen LogP contribution in [0.25, 0.3) is 0 Å². The van der Waals surface area contributed by atoms with Crippen molar-refractivity contribution in [3.63, 3.8) is 0 Å². The molecule has 1 aliphatic rings. The second kappa shape index (κ2) is 6.04. The highest BCUT2D eigenvalue weighted by Gasteiger charge is 2.27. The monoisotopic (exact) mass is 313 g/mol. The third kappa shape index (κ3) is 3.05. The van der Waals surface area contributed by atoms with Crippen LogP contribution < -0.4 is 10.1 Å². The summed E-state index contributed by atoms with van der Waals surface area (Å²) in [6, 6.07) is 5.83. The average molecular weight is 314 g/mol. The Morgan fingerprint density at radius 3 is 2.94 bits per heavy atom. The molecule has 0 bridgehead atoms. The fourth-order valence-electron chi connectivity index (χ4n) is 2.48. The topological polar surface area (TPSA) is 41.5 Å². The summed E-state index contributed by atoms with van der Waals surface area (Å²) in [5.74, 6) is 1.44. The van der Waals surface area contributed by atoms with Gasteiger partial charge in [-0.2, -0.15) is 0 Å². The van der Waals surface area contributed by atoms with Crippen LogP contribution in [0.4, 0.5) is 0 Å². The van der Waals surface area contributed by atoms with Gasteiger partial charge in [0.2, 0.25) is 0 Å². The first-order chi connectivity index (χ1) is 8.61. The summed E-state index contributed by atoms with van der Waals surface area (Å²) < 4.78 is 6.14. The zero-order chi connectivity index (χ0) is 13.1. The van der Waals surface area contributed by atoms with Crippen molar-refractivity contribution in [3.8, 4) is 5.75 Å². The van der Waals surface area contributed by atoms with E-state index in [2.05, 4.69) is 28.2 Å². The van der Waals surface area contributed by atoms with E-state index in [9.17, 15) is 5.11 Å². The standard InChI is InChI=1S/C14H20BrNO2/c1-9-5-6-16-13(7-9)14(17)11-8-10(18-2)3-4-12(11)15/h3-4,8-9,13-14,16-17H,5-7H2,1-2H3. The van der Waals surface area contributed by atoms with E-state index in [1.807, 2.05) is 18.2 Å². The molecule has 3 unspecified atom stereocenters. The molecule has 0 radical (unpaired) electrons. The highest BCUT2D eigenvalue weighted by atomic mass is 79.9. The van der Waals surface area contributed by atoms with Gasteiger partial charge in [0.25, 0.3) is 0 Å². The molecule has 1 saturated heterocycles. The Morgan fingerprint density at radius 2 is 2.28 bits per heavy atom. The molecular weight excluding hydrogens is 294 g/mol. The molecule has 3 nitrogen and oxygen atoms in total. The molecule has 1 heterocycles. The number of piperidine rings is 1. The van der Waals surface area contributed by atoms with Crippen LogP contribution in [-0.2, 0) is 0 Å². The van der Waals surface area contributed by atoms with Gasteiger partial charge < -0.3 is 15.2 Å². The van der Waals surface area contributed by atoms with Crippen LogP contribution >= 0.6 is 15.9 Å². The van der Waals surface area contributed by atoms with Crippen molar-refractivity contribution in [2.45, 2.75) is 31.9 Å². The average Bonchev–Trinajstić information content (AvgIpc) is 2.38. The Balaban J connectivity index is 2.19. The van der Waals surface area contributed by atoms with Crippen LogP contribution in [-0.4, -0.2) is 24.8 Å². The fourth-order valence-corrected chi connectivity index (χ4v) is 2.96. The molecule has 3 atom stereocenters. The maximum absolute atomic E-state index is 10.5. The highest BCUT2D eigenvalue weighted by molar-refractivity contribution is 9.10. The van der Waals surface area contributed by atoms with Gasteiger partial charge in [-0.15, -0.1) is 0 Å². The van der Waals surface area contributed by atoms with E-state index in [1.165, 1.54) is 6.42 Å². The molecule has 100 valence electrons. The molecule has 1 aromatic rings. The molecule has 4 heteroatoms. The number of hydrogen-bond acceptors (Lipinski definition) is 3. The minimum Gasteiger partial charge on any atom is -0.497 e. The number of methoxy groups -OCH3 is 1. The van der Waals surface area contributed by atoms with Gasteiger partial charge in [0.15, 0.2) is 0 Å². The number of rotatable bonds is 3. The molecular formula is C14H20BrNO2. The molecule has 0 aliphatic carbocycles. The summed E-state index contributed by atoms with van der Waals surface area (Å²) in [7, 11) is 1.64. The maximum atomic E-state index is 10.5. The minimum absolute atomic E-state index is 0.122. The van der Waals surface area contributed by atoms with Crippen LogP contribution in [0.5, 0.6) is 5.75 Å². The molecule has 1 aromatic carbocycles. The lowest BCUT2D eigenvalue weighted by atomic mass is 9.89. The molecule has 1 aliphatic heterocycles. The summed E-state index contributed by atoms with van der Waals surface area (Å²) in [5.41, 5.74) is 0.890. The molecule has 0 amide bonds. The van der Waals surface area contributed by atoms with Crippen LogP contribution in [0, 0.1) is 5.92 Å². The number of nitrogens with one attached hydrogen (secondary N) is 1. The van der Waals surface area contributed by atoms with Gasteiger partial charge in [0.1, 0.15) is 5.75 Å². The summed E-state index contributed by atoms with van der Waals surface area (Å²) in [6.07, 6.45) is 1.69. The quantitative estimate of drug-likeness (QED) is 0.901. The van der Waals surface area contributed by atoms with Crippen LogP contribution in [0.1, 0.15) is 31.4 Å². The Kier molecular flexibility index (Phi) is 4.65. The number of benzene rings is 1. The Hall–Kier alpha value is -0.580. The van der Waals surface area contributed by atoms with E-state index in [4.69, 9.17) is 4.74 Å². The van der Waals surface area contributed by atoms with Crippen molar-refractivity contribution in [3.05, 3.63) is 28.2 Å². The van der Waals surface area contributed by atoms with Crippen LogP contribution in [0.15, 0.2) is 22.7 Å². The van der Waals surface area contributed by atoms with Crippen molar-refractivity contribution in [1.82, 2.24) is 5.32 Å². The van der Waals surface area contributed by atoms with Gasteiger partial charge in [-0.3, -0.25) is 0 Å². The summed E-state index contributed by atoms with van der Waals surface area (Å²) in [6.45, 7) is 3.21. The largest absolute Gasteiger partial charge is 0.497 e. The molecule has 18 heavy (non-hydrogen) atoms. The third-order valence-electron chi connectivity index (χ3n) is 3.60. The van der Waals surface area contributed by atoms with E-state index < -0.39 is 6.10 Å². The zero-order valence-corrected chi connectivity index (χ0v) is 12.4. The van der Waals surface area contributed by atoms with Gasteiger partial charge in [-0.1, -0.05) is 22.9 Å². The first kappa shape index (κ1) is 13.8. The van der Waals surface area contributed by atoms with E-state index in [0.717, 1.165) is 28.8 Å². The third-order valence-corrected chi connectivity index (χ3v) is 4.33. The Morgan fingerprint density at radius 1 is 1.50 bits per heavy atom. The summed E-state index contributed by atoms with van der Waals surface area (Å²) in [5, 5.41) is 13.9. The maximum Gasteiger partial charge on any atom is 0.119 e. The summed E-state index contributed by atoms with van der Waals surface area (Å²) >= 11 is 3.50. The van der Waals surface area contributed by atoms with Crippen molar-refractivity contribution >= 4 is 15.9 Å². The number of hydrogen-bond donors (Lipinski definition) is 2. The first-order valence-electron chi connectivity index (χ1n) is 6.36. The molecule has 2 rings (SSSR count). The smallest absolute Gasteiger partial charge is 0.119 e. The van der Waals surface area contributed by atoms with E-state index in [0.29, 0.717) is 5.92 Å². The lowest BCUT2D eigenvalue weighted by Crippen LogP contribution is -2.41. The Bertz CT molecular complexity index is 411. The van der Waals surface area contributed by atoms with Gasteiger partial charge in [-0.25, -0.2) is 0 Å². The van der Waals surface area contributed by atoms with Crippen molar-refractivity contribution in [1.29, 1.82) is 0 Å². The van der Waals surface area contributed by atoms with Gasteiger partial charge in [0.05, 0.1) is 13.2 Å². The minimum atomic E-state index is -0.503. The highest BCUT2D eigenvalue weighted by Crippen LogP contribution is 2.32. The van der Waals surface area contributed by atoms with Crippen LogP contribution in [0.3, 0.4) is 0 Å². The fraction of sp³-hybridized carbons (Fsp3) is 0.571. The molecule has 1 fully saturated rings. The number of aliphatic hydroxyl groups excluding tert-OH is 1. The van der Waals surface area contributed by atoms with Crippen molar-refractivity contribution in [2.75, 3.05) is 13.7 Å². The zero-order valence-electron chi connectivity index (χ0n) is 10.8. The van der Waals surface area contributed by atoms with Crippen LogP contribution in [0.2, 0.25) is 0 Å². The van der Waals surface area contributed by atoms with Gasteiger partial charge in [0, 0.05) is 10.5 Å². The van der Waals surface area contributed by atoms with Crippen molar-refractivity contribution < 1.29 is 9.84 Å². The summed E-state index contributed by atoms with van der Waals surface area (Å²) in [4.78, 5) is 0. The normalized spacial score (nSPS) is 25.8. The SMILES string of the molecule is COc1ccc(Br)c(C(O)C2CC(C)CCN2)c1. The predicted molar refractivity (Wildman–Crippen MR) is 75.8 cm³/mol. The number of ether oxygens (including phenoxy) is 1. The Labute approximate surface area is 117 Å². The number of halogens is 1. The van der Waals surface area contributed by atoms with E-state index in [1.54, 1.807) is 7.11 Å². The number of aliphatic hydroxyl groups is 1. The molecule has 0 saturated carbocycles. The molecule has 0 spiro atoms. The second-order valence-electron chi connectivity index (χ2n) is 5.02. The lowest BCUT2D eigenvalue weighted by molar-refractivity contribution is 0.101. The van der Waals surface area contributed by atoms with Gasteiger partial charge >= 0.3 is 0 Å². The molecule has 0 aromatic heterocycles. The predicted octanol–water partition coefficient (Wildman–Crippen LogP) is 2.88. The van der Waals surface area contributed by atoms with E-state index >= 15 is 0 Å². The van der Waals surface area contributed by atoms with Gasteiger partial charge in [-0.05, 0) is 49.1 Å². The van der Waals surface area contributed by atoms with Crippen molar-refractivity contribution in [2.24, 2.45) is 5.92 Å². The van der Waals surface area contributed by atoms with E-state index in [-0.39, 0.29) is 6.04 Å².